The number of carbonyl (C=O) groups is 1. The fourth-order valence-electron chi connectivity index (χ4n) is 2.83. The topological polar surface area (TPSA) is 62.1 Å². The molecule has 0 aliphatic heterocycles. The lowest BCUT2D eigenvalue weighted by Crippen LogP contribution is -2.13. The van der Waals surface area contributed by atoms with Crippen molar-refractivity contribution in [2.45, 2.75) is 19.8 Å². The number of benzene rings is 3. The molecule has 4 nitrogen and oxygen atoms in total. The third kappa shape index (κ3) is 4.77. The first-order chi connectivity index (χ1) is 13.7. The van der Waals surface area contributed by atoms with Gasteiger partial charge in [-0.05, 0) is 41.6 Å². The van der Waals surface area contributed by atoms with E-state index in [9.17, 15) is 10.1 Å². The third-order valence-corrected chi connectivity index (χ3v) is 4.36. The average molecular weight is 370 g/mol. The van der Waals surface area contributed by atoms with Crippen LogP contribution in [0.4, 0.5) is 5.69 Å². The fraction of sp³-hybridized carbons (Fsp3) is 0.167. The molecular weight excluding hydrogens is 348 g/mol. The zero-order chi connectivity index (χ0) is 19.8. The van der Waals surface area contributed by atoms with E-state index in [1.165, 1.54) is 0 Å². The molecule has 0 aliphatic carbocycles. The van der Waals surface area contributed by atoms with Gasteiger partial charge in [0, 0.05) is 11.1 Å². The molecule has 3 rings (SSSR count). The number of hydrogen-bond acceptors (Lipinski definition) is 3. The number of carbonyl (C=O) groups excluding carboxylic acids is 1. The molecule has 3 aromatic carbocycles. The van der Waals surface area contributed by atoms with Crippen LogP contribution in [0.15, 0.2) is 72.3 Å². The maximum Gasteiger partial charge on any atom is 0.266 e. The molecule has 0 aromatic heterocycles. The minimum Gasteiger partial charge on any atom is -0.494 e. The summed E-state index contributed by atoms with van der Waals surface area (Å²) in [4.78, 5) is 12.6. The lowest BCUT2D eigenvalue weighted by Gasteiger charge is -2.08. The molecule has 28 heavy (non-hydrogen) atoms. The Bertz CT molecular complexity index is 1030. The van der Waals surface area contributed by atoms with Gasteiger partial charge in [0.05, 0.1) is 6.61 Å². The van der Waals surface area contributed by atoms with E-state index in [0.29, 0.717) is 12.3 Å². The molecule has 0 saturated heterocycles. The Labute approximate surface area is 165 Å². The van der Waals surface area contributed by atoms with Gasteiger partial charge in [0.25, 0.3) is 5.91 Å². The van der Waals surface area contributed by atoms with E-state index in [-0.39, 0.29) is 5.57 Å². The predicted octanol–water partition coefficient (Wildman–Crippen LogP) is 5.56. The number of nitrogens with zero attached hydrogens (tertiary/aromatic N) is 1. The standard InChI is InChI=1S/C24H22N2O2/c1-2-3-15-28-21-13-11-18(12-14-21)16-20(17-25)24(27)26-23-10-6-8-19-7-4-5-9-22(19)23/h4-14,16H,2-3,15H2,1H3,(H,26,27)/b20-16-. The summed E-state index contributed by atoms with van der Waals surface area (Å²) in [5.74, 6) is 0.353. The summed E-state index contributed by atoms with van der Waals surface area (Å²) in [6, 6.07) is 22.8. The summed E-state index contributed by atoms with van der Waals surface area (Å²) < 4.78 is 5.64. The summed E-state index contributed by atoms with van der Waals surface area (Å²) in [7, 11) is 0. The van der Waals surface area contributed by atoms with Crippen molar-refractivity contribution in [1.29, 1.82) is 5.26 Å². The number of nitriles is 1. The van der Waals surface area contributed by atoms with Crippen molar-refractivity contribution in [2.75, 3.05) is 11.9 Å². The Balaban J connectivity index is 1.75. The number of fused-ring (bicyclic) bond motifs is 1. The van der Waals surface area contributed by atoms with Crippen LogP contribution >= 0.6 is 0 Å². The number of ether oxygens (including phenoxy) is 1. The maximum absolute atomic E-state index is 12.6. The van der Waals surface area contributed by atoms with Gasteiger partial charge < -0.3 is 10.1 Å². The summed E-state index contributed by atoms with van der Waals surface area (Å²) in [6.07, 6.45) is 3.67. The van der Waals surface area contributed by atoms with Gasteiger partial charge in [-0.2, -0.15) is 5.26 Å². The number of hydrogen-bond donors (Lipinski definition) is 1. The van der Waals surface area contributed by atoms with Gasteiger partial charge >= 0.3 is 0 Å². The Morgan fingerprint density at radius 2 is 1.82 bits per heavy atom. The molecule has 0 bridgehead atoms. The van der Waals surface area contributed by atoms with Crippen molar-refractivity contribution in [3.63, 3.8) is 0 Å². The largest absolute Gasteiger partial charge is 0.494 e. The van der Waals surface area contributed by atoms with Crippen molar-refractivity contribution in [2.24, 2.45) is 0 Å². The maximum atomic E-state index is 12.6. The van der Waals surface area contributed by atoms with E-state index >= 15 is 0 Å². The molecule has 0 fully saturated rings. The average Bonchev–Trinajstić information content (AvgIpc) is 2.73. The Kier molecular flexibility index (Phi) is 6.43. The second-order valence-corrected chi connectivity index (χ2v) is 6.42. The molecule has 0 aliphatic rings. The molecule has 3 aromatic rings. The Morgan fingerprint density at radius 1 is 1.07 bits per heavy atom. The van der Waals surface area contributed by atoms with E-state index in [1.54, 1.807) is 6.08 Å². The molecule has 0 atom stereocenters. The van der Waals surface area contributed by atoms with E-state index in [4.69, 9.17) is 4.74 Å². The Morgan fingerprint density at radius 3 is 2.57 bits per heavy atom. The predicted molar refractivity (Wildman–Crippen MR) is 113 cm³/mol. The van der Waals surface area contributed by atoms with Crippen molar-refractivity contribution < 1.29 is 9.53 Å². The number of unbranched alkanes of at least 4 members (excludes halogenated alkanes) is 1. The second kappa shape index (κ2) is 9.38. The molecule has 0 saturated carbocycles. The van der Waals surface area contributed by atoms with Crippen LogP contribution in [-0.4, -0.2) is 12.5 Å². The number of amides is 1. The van der Waals surface area contributed by atoms with Gasteiger partial charge in [-0.25, -0.2) is 0 Å². The van der Waals surface area contributed by atoms with E-state index in [0.717, 1.165) is 34.9 Å². The van der Waals surface area contributed by atoms with E-state index in [2.05, 4.69) is 12.2 Å². The molecule has 1 N–H and O–H groups in total. The van der Waals surface area contributed by atoms with Gasteiger partial charge in [0.1, 0.15) is 17.4 Å². The zero-order valence-corrected chi connectivity index (χ0v) is 15.8. The van der Waals surface area contributed by atoms with Gasteiger partial charge in [-0.1, -0.05) is 61.9 Å². The van der Waals surface area contributed by atoms with Gasteiger partial charge in [0.15, 0.2) is 0 Å². The van der Waals surface area contributed by atoms with Gasteiger partial charge in [-0.3, -0.25) is 4.79 Å². The van der Waals surface area contributed by atoms with Crippen LogP contribution in [0.25, 0.3) is 16.8 Å². The van der Waals surface area contributed by atoms with Crippen molar-refractivity contribution >= 4 is 28.4 Å². The van der Waals surface area contributed by atoms with Crippen LogP contribution in [0.5, 0.6) is 5.75 Å². The molecule has 0 heterocycles. The lowest BCUT2D eigenvalue weighted by atomic mass is 10.1. The van der Waals surface area contributed by atoms with Gasteiger partial charge in [0.2, 0.25) is 0 Å². The first-order valence-electron chi connectivity index (χ1n) is 9.35. The zero-order valence-electron chi connectivity index (χ0n) is 15.8. The van der Waals surface area contributed by atoms with Crippen LogP contribution in [0.2, 0.25) is 0 Å². The lowest BCUT2D eigenvalue weighted by molar-refractivity contribution is -0.112. The second-order valence-electron chi connectivity index (χ2n) is 6.42. The van der Waals surface area contributed by atoms with Crippen LogP contribution in [-0.2, 0) is 4.79 Å². The normalized spacial score (nSPS) is 11.1. The van der Waals surface area contributed by atoms with E-state index < -0.39 is 5.91 Å². The molecule has 140 valence electrons. The molecule has 4 heteroatoms. The SMILES string of the molecule is CCCCOc1ccc(/C=C(/C#N)C(=O)Nc2cccc3ccccc23)cc1. The highest BCUT2D eigenvalue weighted by molar-refractivity contribution is 6.12. The highest BCUT2D eigenvalue weighted by Gasteiger charge is 2.11. The van der Waals surface area contributed by atoms with Crippen LogP contribution in [0.3, 0.4) is 0 Å². The van der Waals surface area contributed by atoms with Crippen molar-refractivity contribution in [1.82, 2.24) is 0 Å². The molecule has 0 spiro atoms. The van der Waals surface area contributed by atoms with Gasteiger partial charge in [-0.15, -0.1) is 0 Å². The smallest absolute Gasteiger partial charge is 0.266 e. The third-order valence-electron chi connectivity index (χ3n) is 4.36. The molecule has 0 unspecified atom stereocenters. The summed E-state index contributed by atoms with van der Waals surface area (Å²) in [6.45, 7) is 2.80. The van der Waals surface area contributed by atoms with Crippen LogP contribution < -0.4 is 10.1 Å². The number of rotatable bonds is 7. The van der Waals surface area contributed by atoms with E-state index in [1.807, 2.05) is 72.8 Å². The number of anilines is 1. The fourth-order valence-corrected chi connectivity index (χ4v) is 2.83. The molecule has 0 radical (unpaired) electrons. The van der Waals surface area contributed by atoms with Crippen molar-refractivity contribution in [3.8, 4) is 11.8 Å². The Hall–Kier alpha value is -3.58. The minimum absolute atomic E-state index is 0.0487. The van der Waals surface area contributed by atoms with Crippen LogP contribution in [0.1, 0.15) is 25.3 Å². The summed E-state index contributed by atoms with van der Waals surface area (Å²) >= 11 is 0. The highest BCUT2D eigenvalue weighted by Crippen LogP contribution is 2.23. The van der Waals surface area contributed by atoms with Crippen LogP contribution in [0, 0.1) is 11.3 Å². The number of nitrogens with one attached hydrogen (secondary N) is 1. The molecule has 1 amide bonds. The summed E-state index contributed by atoms with van der Waals surface area (Å²) in [5, 5.41) is 14.3. The monoisotopic (exact) mass is 370 g/mol. The minimum atomic E-state index is -0.429. The first kappa shape index (κ1) is 19.2. The van der Waals surface area contributed by atoms with Crippen molar-refractivity contribution in [3.05, 3.63) is 77.9 Å². The molecular formula is C24H22N2O2. The highest BCUT2D eigenvalue weighted by atomic mass is 16.5. The quantitative estimate of drug-likeness (QED) is 0.336. The summed E-state index contributed by atoms with van der Waals surface area (Å²) in [5.41, 5.74) is 1.50. The first-order valence-corrected chi connectivity index (χ1v) is 9.35.